The van der Waals surface area contributed by atoms with E-state index in [4.69, 9.17) is 33.7 Å². The monoisotopic (exact) mass is 300 g/mol. The zero-order valence-corrected chi connectivity index (χ0v) is 11.8. The molecule has 94 valence electrons. The van der Waals surface area contributed by atoms with Crippen LogP contribution >= 0.6 is 34.5 Å². The average Bonchev–Trinajstić information content (AvgIpc) is 2.75. The zero-order chi connectivity index (χ0) is 13.1. The molecule has 6 heteroatoms. The van der Waals surface area contributed by atoms with Crippen LogP contribution in [0.3, 0.4) is 0 Å². The van der Waals surface area contributed by atoms with Crippen molar-refractivity contribution in [2.45, 2.75) is 0 Å². The highest BCUT2D eigenvalue weighted by molar-refractivity contribution is 7.13. The first kappa shape index (κ1) is 13.2. The second-order valence-electron chi connectivity index (χ2n) is 3.45. The second kappa shape index (κ2) is 5.61. The molecule has 1 heterocycles. The fourth-order valence-electron chi connectivity index (χ4n) is 1.38. The van der Waals surface area contributed by atoms with Crippen LogP contribution in [0.1, 0.15) is 11.3 Å². The van der Waals surface area contributed by atoms with Crippen LogP contribution in [-0.4, -0.2) is 12.1 Å². The maximum absolute atomic E-state index is 6.12. The van der Waals surface area contributed by atoms with Gasteiger partial charge in [-0.3, -0.25) is 0 Å². The Bertz CT molecular complexity index is 596. The number of aromatic nitrogens is 1. The molecule has 0 bridgehead atoms. The molecule has 3 nitrogen and oxygen atoms in total. The number of hydrogen-bond acceptors (Lipinski definition) is 4. The largest absolute Gasteiger partial charge is 0.495 e. The molecule has 0 amide bonds. The van der Waals surface area contributed by atoms with Crippen LogP contribution < -0.4 is 10.5 Å². The van der Waals surface area contributed by atoms with E-state index in [0.29, 0.717) is 20.9 Å². The van der Waals surface area contributed by atoms with Crippen molar-refractivity contribution in [3.63, 3.8) is 0 Å². The Morgan fingerprint density at radius 1 is 1.28 bits per heavy atom. The van der Waals surface area contributed by atoms with Gasteiger partial charge >= 0.3 is 0 Å². The normalized spacial score (nSPS) is 11.1. The molecule has 0 fully saturated rings. The summed E-state index contributed by atoms with van der Waals surface area (Å²) in [6.45, 7) is 0. The van der Waals surface area contributed by atoms with Gasteiger partial charge in [0, 0.05) is 11.4 Å². The third-order valence-corrected chi connectivity index (χ3v) is 3.56. The first-order valence-corrected chi connectivity index (χ1v) is 6.66. The molecule has 0 saturated heterocycles. The Morgan fingerprint density at radius 3 is 2.67 bits per heavy atom. The summed E-state index contributed by atoms with van der Waals surface area (Å²) >= 11 is 13.5. The highest BCUT2D eigenvalue weighted by Crippen LogP contribution is 2.31. The molecule has 2 N–H and O–H groups in total. The maximum atomic E-state index is 6.12. The topological polar surface area (TPSA) is 48.1 Å². The fraction of sp³-hybridized carbons (Fsp3) is 0.0833. The lowest BCUT2D eigenvalue weighted by Crippen LogP contribution is -1.86. The van der Waals surface area contributed by atoms with Gasteiger partial charge in [0.2, 0.25) is 0 Å². The van der Waals surface area contributed by atoms with Gasteiger partial charge in [0.15, 0.2) is 5.13 Å². The van der Waals surface area contributed by atoms with Crippen LogP contribution in [0, 0.1) is 0 Å². The van der Waals surface area contributed by atoms with E-state index in [1.807, 2.05) is 17.5 Å². The number of hydrogen-bond donors (Lipinski definition) is 1. The Kier molecular flexibility index (Phi) is 4.11. The van der Waals surface area contributed by atoms with Crippen LogP contribution in [0.15, 0.2) is 17.5 Å². The van der Waals surface area contributed by atoms with Gasteiger partial charge in [-0.25, -0.2) is 4.98 Å². The SMILES string of the molecule is COc1cc(Cl)c(/C=C/c2csc(N)n2)cc1Cl. The van der Waals surface area contributed by atoms with Crippen molar-refractivity contribution in [2.75, 3.05) is 12.8 Å². The molecule has 18 heavy (non-hydrogen) atoms. The molecule has 0 saturated carbocycles. The predicted octanol–water partition coefficient (Wildman–Crippen LogP) is 4.21. The van der Waals surface area contributed by atoms with E-state index in [9.17, 15) is 0 Å². The van der Waals surface area contributed by atoms with Crippen molar-refractivity contribution in [3.05, 3.63) is 38.8 Å². The van der Waals surface area contributed by atoms with E-state index in [1.165, 1.54) is 11.3 Å². The lowest BCUT2D eigenvalue weighted by molar-refractivity contribution is 0.415. The van der Waals surface area contributed by atoms with Crippen molar-refractivity contribution in [1.82, 2.24) is 4.98 Å². The Morgan fingerprint density at radius 2 is 2.06 bits per heavy atom. The molecule has 0 unspecified atom stereocenters. The number of halogens is 2. The minimum atomic E-state index is 0.513. The maximum Gasteiger partial charge on any atom is 0.180 e. The van der Waals surface area contributed by atoms with Gasteiger partial charge in [-0.2, -0.15) is 0 Å². The summed E-state index contributed by atoms with van der Waals surface area (Å²) in [5.74, 6) is 0.553. The number of nitrogens with zero attached hydrogens (tertiary/aromatic N) is 1. The van der Waals surface area contributed by atoms with E-state index >= 15 is 0 Å². The number of thiazole rings is 1. The van der Waals surface area contributed by atoms with Crippen molar-refractivity contribution in [2.24, 2.45) is 0 Å². The summed E-state index contributed by atoms with van der Waals surface area (Å²) in [6.07, 6.45) is 3.67. The van der Waals surface area contributed by atoms with Gasteiger partial charge in [0.1, 0.15) is 5.75 Å². The molecule has 2 rings (SSSR count). The minimum Gasteiger partial charge on any atom is -0.495 e. The summed E-state index contributed by atoms with van der Waals surface area (Å²) in [4.78, 5) is 4.12. The van der Waals surface area contributed by atoms with E-state index < -0.39 is 0 Å². The standard InChI is InChI=1S/C12H10Cl2N2OS/c1-17-11-5-9(13)7(4-10(11)14)2-3-8-6-18-12(15)16-8/h2-6H,1H3,(H2,15,16)/b3-2+. The van der Waals surface area contributed by atoms with E-state index in [1.54, 1.807) is 19.2 Å². The van der Waals surface area contributed by atoms with Gasteiger partial charge < -0.3 is 10.5 Å². The van der Waals surface area contributed by atoms with Gasteiger partial charge in [0.05, 0.1) is 22.8 Å². The molecule has 0 atom stereocenters. The predicted molar refractivity (Wildman–Crippen MR) is 78.5 cm³/mol. The molecule has 0 aliphatic rings. The Labute approximate surface area is 119 Å². The number of nitrogen functional groups attached to an aromatic ring is 1. The summed E-state index contributed by atoms with van der Waals surface area (Å²) in [5.41, 5.74) is 7.14. The molecule has 0 spiro atoms. The smallest absolute Gasteiger partial charge is 0.180 e. The second-order valence-corrected chi connectivity index (χ2v) is 5.16. The van der Waals surface area contributed by atoms with E-state index in [0.717, 1.165) is 11.3 Å². The molecule has 0 radical (unpaired) electrons. The minimum absolute atomic E-state index is 0.513. The number of methoxy groups -OCH3 is 1. The average molecular weight is 301 g/mol. The van der Waals surface area contributed by atoms with Gasteiger partial charge in [-0.15, -0.1) is 11.3 Å². The lowest BCUT2D eigenvalue weighted by Gasteiger charge is -2.05. The number of ether oxygens (including phenoxy) is 1. The molecule has 1 aromatic heterocycles. The number of nitrogens with two attached hydrogens (primary N) is 1. The highest BCUT2D eigenvalue weighted by Gasteiger charge is 2.05. The van der Waals surface area contributed by atoms with Crippen LogP contribution in [0.2, 0.25) is 10.0 Å². The van der Waals surface area contributed by atoms with Gasteiger partial charge in [-0.1, -0.05) is 29.3 Å². The number of benzene rings is 1. The quantitative estimate of drug-likeness (QED) is 0.923. The fourth-order valence-corrected chi connectivity index (χ4v) is 2.38. The summed E-state index contributed by atoms with van der Waals surface area (Å²) in [7, 11) is 1.55. The first-order chi connectivity index (χ1) is 8.60. The molecular formula is C12H10Cl2N2OS. The van der Waals surface area contributed by atoms with Crippen LogP contribution in [-0.2, 0) is 0 Å². The van der Waals surface area contributed by atoms with Crippen molar-refractivity contribution >= 4 is 51.8 Å². The number of rotatable bonds is 3. The van der Waals surface area contributed by atoms with Crippen molar-refractivity contribution < 1.29 is 4.74 Å². The molecule has 2 aromatic rings. The third kappa shape index (κ3) is 2.96. The van der Waals surface area contributed by atoms with E-state index in [-0.39, 0.29) is 0 Å². The van der Waals surface area contributed by atoms with Crippen LogP contribution in [0.4, 0.5) is 5.13 Å². The summed E-state index contributed by atoms with van der Waals surface area (Å²) in [6, 6.07) is 3.42. The van der Waals surface area contributed by atoms with Gasteiger partial charge in [0.25, 0.3) is 0 Å². The summed E-state index contributed by atoms with van der Waals surface area (Å²) < 4.78 is 5.08. The Hall–Kier alpha value is -1.23. The zero-order valence-electron chi connectivity index (χ0n) is 9.48. The van der Waals surface area contributed by atoms with Crippen molar-refractivity contribution in [1.29, 1.82) is 0 Å². The Balaban J connectivity index is 2.29. The molecule has 1 aromatic carbocycles. The van der Waals surface area contributed by atoms with E-state index in [2.05, 4.69) is 4.98 Å². The molecule has 0 aliphatic heterocycles. The first-order valence-electron chi connectivity index (χ1n) is 5.02. The molecular weight excluding hydrogens is 291 g/mol. The number of anilines is 1. The third-order valence-electron chi connectivity index (χ3n) is 2.24. The van der Waals surface area contributed by atoms with Crippen molar-refractivity contribution in [3.8, 4) is 5.75 Å². The van der Waals surface area contributed by atoms with Crippen LogP contribution in [0.5, 0.6) is 5.75 Å². The highest BCUT2D eigenvalue weighted by atomic mass is 35.5. The molecule has 0 aliphatic carbocycles. The van der Waals surface area contributed by atoms with Gasteiger partial charge in [-0.05, 0) is 17.7 Å². The summed E-state index contributed by atoms with van der Waals surface area (Å²) in [5, 5.41) is 3.48. The van der Waals surface area contributed by atoms with Crippen LogP contribution in [0.25, 0.3) is 12.2 Å². The lowest BCUT2D eigenvalue weighted by atomic mass is 10.2.